The summed E-state index contributed by atoms with van der Waals surface area (Å²) in [5, 5.41) is 14.3. The molecule has 6 nitrogen and oxygen atoms in total. The van der Waals surface area contributed by atoms with Gasteiger partial charge in [0, 0.05) is 21.8 Å². The second-order valence-corrected chi connectivity index (χ2v) is 6.52. The minimum Gasteiger partial charge on any atom is -0.497 e. The topological polar surface area (TPSA) is 72.2 Å². The lowest BCUT2D eigenvalue weighted by Gasteiger charge is -2.18. The molecule has 0 unspecified atom stereocenters. The molecule has 0 spiro atoms. The van der Waals surface area contributed by atoms with Crippen LogP contribution in [0.5, 0.6) is 5.75 Å². The minimum atomic E-state index is -0.000276. The standard InChI is InChI=1S/C14H19BrN4O2/c1-14(2,3)16-8-12-18-19-13(21-12)17-10-5-9(15)6-11(7-10)20-4/h5-7,16H,8H2,1-4H3,(H,17,19). The first kappa shape index (κ1) is 15.8. The number of halogens is 1. The van der Waals surface area contributed by atoms with Crippen LogP contribution < -0.4 is 15.4 Å². The molecule has 0 radical (unpaired) electrons. The third kappa shape index (κ3) is 5.02. The Balaban J connectivity index is 2.04. The number of nitrogens with zero attached hydrogens (tertiary/aromatic N) is 2. The Kier molecular flexibility index (Phi) is 4.84. The van der Waals surface area contributed by atoms with Gasteiger partial charge in [0.2, 0.25) is 5.89 Å². The highest BCUT2D eigenvalue weighted by Gasteiger charge is 2.12. The van der Waals surface area contributed by atoms with E-state index in [1.807, 2.05) is 18.2 Å². The van der Waals surface area contributed by atoms with Gasteiger partial charge in [-0.2, -0.15) is 0 Å². The maximum atomic E-state index is 5.54. The van der Waals surface area contributed by atoms with Crippen molar-refractivity contribution in [2.45, 2.75) is 32.9 Å². The lowest BCUT2D eigenvalue weighted by atomic mass is 10.1. The number of ether oxygens (including phenoxy) is 1. The van der Waals surface area contributed by atoms with Crippen LogP contribution in [-0.2, 0) is 6.54 Å². The van der Waals surface area contributed by atoms with Crippen LogP contribution in [0.15, 0.2) is 27.1 Å². The molecule has 0 aliphatic rings. The van der Waals surface area contributed by atoms with Crippen LogP contribution in [0.2, 0.25) is 0 Å². The van der Waals surface area contributed by atoms with Crippen molar-refractivity contribution < 1.29 is 9.15 Å². The molecular formula is C14H19BrN4O2. The van der Waals surface area contributed by atoms with Gasteiger partial charge in [0.15, 0.2) is 0 Å². The van der Waals surface area contributed by atoms with Crippen LogP contribution in [0.4, 0.5) is 11.7 Å². The number of rotatable bonds is 5. The fourth-order valence-corrected chi connectivity index (χ4v) is 2.06. The first-order chi connectivity index (χ1) is 9.85. The van der Waals surface area contributed by atoms with E-state index >= 15 is 0 Å². The highest BCUT2D eigenvalue weighted by atomic mass is 79.9. The number of benzene rings is 1. The number of anilines is 2. The largest absolute Gasteiger partial charge is 0.497 e. The van der Waals surface area contributed by atoms with Crippen molar-refractivity contribution in [3.8, 4) is 5.75 Å². The van der Waals surface area contributed by atoms with Crippen LogP contribution in [-0.4, -0.2) is 22.8 Å². The smallest absolute Gasteiger partial charge is 0.320 e. The molecule has 1 aromatic heterocycles. The van der Waals surface area contributed by atoms with Crippen molar-refractivity contribution in [3.63, 3.8) is 0 Å². The summed E-state index contributed by atoms with van der Waals surface area (Å²) in [6, 6.07) is 5.97. The van der Waals surface area contributed by atoms with E-state index in [1.54, 1.807) is 7.11 Å². The zero-order valence-electron chi connectivity index (χ0n) is 12.5. The summed E-state index contributed by atoms with van der Waals surface area (Å²) in [5.74, 6) is 1.27. The van der Waals surface area contributed by atoms with Gasteiger partial charge in [-0.25, -0.2) is 0 Å². The molecule has 0 aliphatic carbocycles. The zero-order valence-corrected chi connectivity index (χ0v) is 14.1. The van der Waals surface area contributed by atoms with Gasteiger partial charge >= 0.3 is 6.01 Å². The Hall–Kier alpha value is -1.60. The van der Waals surface area contributed by atoms with Gasteiger partial charge in [0.1, 0.15) is 5.75 Å². The van der Waals surface area contributed by atoms with Gasteiger partial charge < -0.3 is 19.8 Å². The molecule has 1 heterocycles. The monoisotopic (exact) mass is 354 g/mol. The molecule has 2 rings (SSSR count). The Morgan fingerprint density at radius 2 is 2.00 bits per heavy atom. The Bertz CT molecular complexity index is 607. The quantitative estimate of drug-likeness (QED) is 0.856. The summed E-state index contributed by atoms with van der Waals surface area (Å²) >= 11 is 3.42. The second-order valence-electron chi connectivity index (χ2n) is 5.61. The summed E-state index contributed by atoms with van der Waals surface area (Å²) in [5.41, 5.74) is 0.805. The molecule has 0 atom stereocenters. The van der Waals surface area contributed by atoms with Crippen LogP contribution >= 0.6 is 15.9 Å². The molecule has 0 saturated carbocycles. The molecule has 0 saturated heterocycles. The zero-order chi connectivity index (χ0) is 15.5. The van der Waals surface area contributed by atoms with Crippen molar-refractivity contribution >= 4 is 27.6 Å². The van der Waals surface area contributed by atoms with Crippen molar-refractivity contribution in [1.29, 1.82) is 0 Å². The fraction of sp³-hybridized carbons (Fsp3) is 0.429. The molecular weight excluding hydrogens is 336 g/mol. The van der Waals surface area contributed by atoms with E-state index in [4.69, 9.17) is 9.15 Å². The lowest BCUT2D eigenvalue weighted by molar-refractivity contribution is 0.384. The summed E-state index contributed by atoms with van der Waals surface area (Å²) in [4.78, 5) is 0. The molecule has 0 fully saturated rings. The van der Waals surface area contributed by atoms with E-state index in [2.05, 4.69) is 57.5 Å². The molecule has 0 bridgehead atoms. The third-order valence-electron chi connectivity index (χ3n) is 2.60. The van der Waals surface area contributed by atoms with Crippen molar-refractivity contribution in [2.75, 3.05) is 12.4 Å². The maximum Gasteiger partial charge on any atom is 0.320 e. The summed E-state index contributed by atoms with van der Waals surface area (Å²) in [7, 11) is 1.62. The van der Waals surface area contributed by atoms with Gasteiger partial charge in [-0.3, -0.25) is 0 Å². The van der Waals surface area contributed by atoms with E-state index in [0.29, 0.717) is 18.5 Å². The predicted molar refractivity (Wildman–Crippen MR) is 84.9 cm³/mol. The molecule has 21 heavy (non-hydrogen) atoms. The normalized spacial score (nSPS) is 11.5. The van der Waals surface area contributed by atoms with Gasteiger partial charge in [0.05, 0.1) is 13.7 Å². The van der Waals surface area contributed by atoms with Crippen molar-refractivity contribution in [1.82, 2.24) is 15.5 Å². The summed E-state index contributed by atoms with van der Waals surface area (Å²) < 4.78 is 11.7. The average molecular weight is 355 g/mol. The lowest BCUT2D eigenvalue weighted by Crippen LogP contribution is -2.35. The number of methoxy groups -OCH3 is 1. The van der Waals surface area contributed by atoms with E-state index in [0.717, 1.165) is 15.9 Å². The SMILES string of the molecule is COc1cc(Br)cc(Nc2nnc(CNC(C)(C)C)o2)c1. The molecule has 0 amide bonds. The Morgan fingerprint density at radius 3 is 2.67 bits per heavy atom. The third-order valence-corrected chi connectivity index (χ3v) is 3.05. The fourth-order valence-electron chi connectivity index (χ4n) is 1.59. The van der Waals surface area contributed by atoms with Crippen molar-refractivity contribution in [2.24, 2.45) is 0 Å². The van der Waals surface area contributed by atoms with Gasteiger partial charge in [-0.05, 0) is 32.9 Å². The van der Waals surface area contributed by atoms with E-state index in [-0.39, 0.29) is 5.54 Å². The van der Waals surface area contributed by atoms with Crippen LogP contribution in [0.3, 0.4) is 0 Å². The summed E-state index contributed by atoms with van der Waals surface area (Å²) in [6.45, 7) is 6.77. The number of hydrogen-bond acceptors (Lipinski definition) is 6. The molecule has 1 aromatic carbocycles. The van der Waals surface area contributed by atoms with E-state index in [9.17, 15) is 0 Å². The first-order valence-corrected chi connectivity index (χ1v) is 7.34. The van der Waals surface area contributed by atoms with Gasteiger partial charge in [-0.1, -0.05) is 21.0 Å². The Morgan fingerprint density at radius 1 is 1.24 bits per heavy atom. The Labute approximate surface area is 132 Å². The van der Waals surface area contributed by atoms with Gasteiger partial charge in [-0.15, -0.1) is 5.10 Å². The first-order valence-electron chi connectivity index (χ1n) is 6.55. The number of aromatic nitrogens is 2. The van der Waals surface area contributed by atoms with E-state index < -0.39 is 0 Å². The molecule has 2 aromatic rings. The highest BCUT2D eigenvalue weighted by molar-refractivity contribution is 9.10. The highest BCUT2D eigenvalue weighted by Crippen LogP contribution is 2.26. The number of hydrogen-bond donors (Lipinski definition) is 2. The molecule has 0 aliphatic heterocycles. The average Bonchev–Trinajstić information content (AvgIpc) is 2.82. The van der Waals surface area contributed by atoms with Crippen LogP contribution in [0, 0.1) is 0 Å². The van der Waals surface area contributed by atoms with Crippen LogP contribution in [0.25, 0.3) is 0 Å². The predicted octanol–water partition coefficient (Wildman–Crippen LogP) is 3.47. The van der Waals surface area contributed by atoms with Crippen molar-refractivity contribution in [3.05, 3.63) is 28.6 Å². The molecule has 2 N–H and O–H groups in total. The summed E-state index contributed by atoms with van der Waals surface area (Å²) in [6.07, 6.45) is 0. The molecule has 7 heteroatoms. The van der Waals surface area contributed by atoms with E-state index in [1.165, 1.54) is 0 Å². The van der Waals surface area contributed by atoms with Gasteiger partial charge in [0.25, 0.3) is 0 Å². The van der Waals surface area contributed by atoms with Crippen LogP contribution in [0.1, 0.15) is 26.7 Å². The minimum absolute atomic E-state index is 0.000276. The maximum absolute atomic E-state index is 5.54. The number of nitrogens with one attached hydrogen (secondary N) is 2. The molecule has 114 valence electrons. The second kappa shape index (κ2) is 6.44.